The second-order valence-corrected chi connectivity index (χ2v) is 6.15. The minimum absolute atomic E-state index is 0.878. The number of nitrogens with one attached hydrogen (secondary N) is 1. The summed E-state index contributed by atoms with van der Waals surface area (Å²) < 4.78 is 1.11. The van der Waals surface area contributed by atoms with Crippen molar-refractivity contribution < 1.29 is 0 Å². The molecule has 2 rings (SSSR count). The summed E-state index contributed by atoms with van der Waals surface area (Å²) in [6.45, 7) is 2.17. The molecule has 17 heavy (non-hydrogen) atoms. The summed E-state index contributed by atoms with van der Waals surface area (Å²) in [5.74, 6) is 0. The van der Waals surface area contributed by atoms with Gasteiger partial charge in [-0.05, 0) is 33.5 Å². The molecule has 1 aromatic carbocycles. The number of aromatic nitrogens is 1. The zero-order valence-corrected chi connectivity index (χ0v) is 12.4. The van der Waals surface area contributed by atoms with Gasteiger partial charge in [-0.2, -0.15) is 0 Å². The predicted molar refractivity (Wildman–Crippen MR) is 78.0 cm³/mol. The average Bonchev–Trinajstić information content (AvgIpc) is 2.71. The third kappa shape index (κ3) is 3.07. The lowest BCUT2D eigenvalue weighted by atomic mass is 10.1. The van der Waals surface area contributed by atoms with E-state index in [9.17, 15) is 0 Å². The number of rotatable bonds is 4. The Morgan fingerprint density at radius 1 is 1.24 bits per heavy atom. The standard InChI is InChI=1S/C13H15BrN2S/c1-3-9-4-6-10(7-5-9)8-11-12(14)17-13(15-2)16-11/h4-7H,3,8H2,1-2H3,(H,15,16). The van der Waals surface area contributed by atoms with E-state index in [1.807, 2.05) is 7.05 Å². The highest BCUT2D eigenvalue weighted by atomic mass is 79.9. The van der Waals surface area contributed by atoms with E-state index in [-0.39, 0.29) is 0 Å². The van der Waals surface area contributed by atoms with E-state index in [1.165, 1.54) is 11.1 Å². The minimum Gasteiger partial charge on any atom is -0.365 e. The molecule has 0 spiro atoms. The molecule has 90 valence electrons. The molecular weight excluding hydrogens is 296 g/mol. The Hall–Kier alpha value is -0.870. The fourth-order valence-electron chi connectivity index (χ4n) is 1.64. The molecule has 0 saturated carbocycles. The van der Waals surface area contributed by atoms with Crippen LogP contribution in [0.25, 0.3) is 0 Å². The Bertz CT molecular complexity index is 491. The summed E-state index contributed by atoms with van der Waals surface area (Å²) in [4.78, 5) is 4.53. The van der Waals surface area contributed by atoms with Gasteiger partial charge < -0.3 is 5.32 Å². The van der Waals surface area contributed by atoms with Crippen molar-refractivity contribution in [2.75, 3.05) is 12.4 Å². The summed E-state index contributed by atoms with van der Waals surface area (Å²) >= 11 is 5.20. The first kappa shape index (κ1) is 12.6. The van der Waals surface area contributed by atoms with E-state index in [0.29, 0.717) is 0 Å². The lowest BCUT2D eigenvalue weighted by Gasteiger charge is -2.01. The molecule has 0 atom stereocenters. The lowest BCUT2D eigenvalue weighted by molar-refractivity contribution is 1.08. The second-order valence-electron chi connectivity index (χ2n) is 3.84. The van der Waals surface area contributed by atoms with Gasteiger partial charge in [0.1, 0.15) is 0 Å². The fourth-order valence-corrected chi connectivity index (χ4v) is 2.99. The van der Waals surface area contributed by atoms with Crippen LogP contribution in [0.15, 0.2) is 28.1 Å². The quantitative estimate of drug-likeness (QED) is 0.919. The van der Waals surface area contributed by atoms with Gasteiger partial charge >= 0.3 is 0 Å². The van der Waals surface area contributed by atoms with Crippen molar-refractivity contribution >= 4 is 32.4 Å². The highest BCUT2D eigenvalue weighted by Gasteiger charge is 2.08. The first-order valence-corrected chi connectivity index (χ1v) is 7.24. The molecule has 2 aromatic rings. The fraction of sp³-hybridized carbons (Fsp3) is 0.308. The van der Waals surface area contributed by atoms with Crippen LogP contribution in [0, 0.1) is 0 Å². The lowest BCUT2D eigenvalue weighted by Crippen LogP contribution is -1.92. The van der Waals surface area contributed by atoms with E-state index < -0.39 is 0 Å². The summed E-state index contributed by atoms with van der Waals surface area (Å²) in [5.41, 5.74) is 3.78. The van der Waals surface area contributed by atoms with Gasteiger partial charge in [0.15, 0.2) is 5.13 Å². The zero-order chi connectivity index (χ0) is 12.3. The van der Waals surface area contributed by atoms with Crippen molar-refractivity contribution in [3.8, 4) is 0 Å². The van der Waals surface area contributed by atoms with Crippen LogP contribution in [-0.2, 0) is 12.8 Å². The number of hydrogen-bond acceptors (Lipinski definition) is 3. The Balaban J connectivity index is 2.16. The topological polar surface area (TPSA) is 24.9 Å². The monoisotopic (exact) mass is 310 g/mol. The van der Waals surface area contributed by atoms with Crippen LogP contribution < -0.4 is 5.32 Å². The molecule has 1 N–H and O–H groups in total. The highest BCUT2D eigenvalue weighted by molar-refractivity contribution is 9.11. The summed E-state index contributed by atoms with van der Waals surface area (Å²) in [5, 5.41) is 4.03. The van der Waals surface area contributed by atoms with Gasteiger partial charge in [-0.15, -0.1) is 0 Å². The SMILES string of the molecule is CCc1ccc(Cc2nc(NC)sc2Br)cc1. The summed E-state index contributed by atoms with van der Waals surface area (Å²) in [6, 6.07) is 8.75. The summed E-state index contributed by atoms with van der Waals surface area (Å²) in [6.07, 6.45) is 1.97. The first-order chi connectivity index (χ1) is 8.22. The predicted octanol–water partition coefficient (Wildman–Crippen LogP) is 4.10. The molecule has 2 nitrogen and oxygen atoms in total. The number of nitrogens with zero attached hydrogens (tertiary/aromatic N) is 1. The molecule has 0 fully saturated rings. The van der Waals surface area contributed by atoms with E-state index in [2.05, 4.69) is 57.4 Å². The molecule has 0 radical (unpaired) electrons. The number of aryl methyl sites for hydroxylation is 1. The molecule has 0 saturated heterocycles. The van der Waals surface area contributed by atoms with Crippen LogP contribution in [0.2, 0.25) is 0 Å². The number of anilines is 1. The third-order valence-corrected chi connectivity index (χ3v) is 4.51. The second kappa shape index (κ2) is 5.65. The van der Waals surface area contributed by atoms with Gasteiger partial charge in [-0.3, -0.25) is 0 Å². The van der Waals surface area contributed by atoms with Crippen LogP contribution in [0.1, 0.15) is 23.7 Å². The number of thiazole rings is 1. The Kier molecular flexibility index (Phi) is 4.18. The average molecular weight is 311 g/mol. The Morgan fingerprint density at radius 2 is 1.88 bits per heavy atom. The maximum absolute atomic E-state index is 4.53. The molecule has 1 heterocycles. The largest absolute Gasteiger partial charge is 0.365 e. The molecule has 4 heteroatoms. The van der Waals surface area contributed by atoms with Crippen molar-refractivity contribution in [1.29, 1.82) is 0 Å². The maximum atomic E-state index is 4.53. The minimum atomic E-state index is 0.878. The maximum Gasteiger partial charge on any atom is 0.183 e. The molecule has 0 aliphatic carbocycles. The van der Waals surface area contributed by atoms with E-state index in [4.69, 9.17) is 0 Å². The molecule has 0 aliphatic rings. The smallest absolute Gasteiger partial charge is 0.183 e. The van der Waals surface area contributed by atoms with E-state index in [1.54, 1.807) is 11.3 Å². The zero-order valence-electron chi connectivity index (χ0n) is 9.96. The Labute approximate surface area is 114 Å². The van der Waals surface area contributed by atoms with Crippen LogP contribution in [0.5, 0.6) is 0 Å². The summed E-state index contributed by atoms with van der Waals surface area (Å²) in [7, 11) is 1.89. The highest BCUT2D eigenvalue weighted by Crippen LogP contribution is 2.29. The van der Waals surface area contributed by atoms with E-state index >= 15 is 0 Å². The molecular formula is C13H15BrN2S. The van der Waals surface area contributed by atoms with Crippen LogP contribution in [0.3, 0.4) is 0 Å². The van der Waals surface area contributed by atoms with Gasteiger partial charge in [0.25, 0.3) is 0 Å². The van der Waals surface area contributed by atoms with Crippen LogP contribution in [0.4, 0.5) is 5.13 Å². The number of benzene rings is 1. The van der Waals surface area contributed by atoms with Gasteiger partial charge in [0.2, 0.25) is 0 Å². The Morgan fingerprint density at radius 3 is 2.41 bits per heavy atom. The molecule has 0 bridgehead atoms. The van der Waals surface area contributed by atoms with Crippen molar-refractivity contribution in [2.24, 2.45) is 0 Å². The van der Waals surface area contributed by atoms with Gasteiger partial charge in [-0.25, -0.2) is 4.98 Å². The molecule has 0 aliphatic heterocycles. The first-order valence-electron chi connectivity index (χ1n) is 5.63. The third-order valence-electron chi connectivity index (χ3n) is 2.67. The van der Waals surface area contributed by atoms with Crippen molar-refractivity contribution in [3.63, 3.8) is 0 Å². The normalized spacial score (nSPS) is 10.5. The van der Waals surface area contributed by atoms with E-state index in [0.717, 1.165) is 27.5 Å². The van der Waals surface area contributed by atoms with Gasteiger partial charge in [0, 0.05) is 13.5 Å². The molecule has 0 amide bonds. The number of halogens is 1. The van der Waals surface area contributed by atoms with Crippen LogP contribution in [-0.4, -0.2) is 12.0 Å². The van der Waals surface area contributed by atoms with Crippen molar-refractivity contribution in [1.82, 2.24) is 4.98 Å². The van der Waals surface area contributed by atoms with Gasteiger partial charge in [0.05, 0.1) is 9.48 Å². The van der Waals surface area contributed by atoms with Crippen molar-refractivity contribution in [3.05, 3.63) is 44.9 Å². The van der Waals surface area contributed by atoms with Crippen molar-refractivity contribution in [2.45, 2.75) is 19.8 Å². The molecule has 1 aromatic heterocycles. The van der Waals surface area contributed by atoms with Gasteiger partial charge in [-0.1, -0.05) is 42.5 Å². The van der Waals surface area contributed by atoms with Crippen LogP contribution >= 0.6 is 27.3 Å². The molecule has 0 unspecified atom stereocenters. The number of hydrogen-bond donors (Lipinski definition) is 1.